The molecule has 3 aromatic rings. The van der Waals surface area contributed by atoms with Crippen molar-refractivity contribution < 1.29 is 0 Å². The zero-order valence-corrected chi connectivity index (χ0v) is 13.4. The van der Waals surface area contributed by atoms with E-state index in [4.69, 9.17) is 11.6 Å². The molecule has 2 aromatic heterocycles. The normalized spacial score (nSPS) is 11.3. The van der Waals surface area contributed by atoms with Crippen LogP contribution in [0, 0.1) is 0 Å². The Kier molecular flexibility index (Phi) is 3.81. The fraction of sp³-hybridized carbons (Fsp3) is 0.286. The molecule has 0 fully saturated rings. The zero-order chi connectivity index (χ0) is 14.1. The molecular formula is C14H14BrClN4. The summed E-state index contributed by atoms with van der Waals surface area (Å²) in [6, 6.07) is 8.16. The van der Waals surface area contributed by atoms with Crippen molar-refractivity contribution in [2.45, 2.75) is 13.0 Å². The highest BCUT2D eigenvalue weighted by atomic mass is 79.9. The molecule has 0 aliphatic rings. The van der Waals surface area contributed by atoms with Crippen LogP contribution in [0.3, 0.4) is 0 Å². The molecule has 0 aliphatic carbocycles. The SMILES string of the molecule is Cn1ccc(Cn2c(CCCl)nc3cc(Br)ccc32)n1. The topological polar surface area (TPSA) is 35.6 Å². The van der Waals surface area contributed by atoms with Gasteiger partial charge in [0.25, 0.3) is 0 Å². The van der Waals surface area contributed by atoms with Gasteiger partial charge in [-0.05, 0) is 24.3 Å². The molecule has 0 unspecified atom stereocenters. The van der Waals surface area contributed by atoms with E-state index in [0.717, 1.165) is 33.4 Å². The minimum atomic E-state index is 0.562. The van der Waals surface area contributed by atoms with Gasteiger partial charge in [-0.15, -0.1) is 11.6 Å². The minimum Gasteiger partial charge on any atom is -0.322 e. The van der Waals surface area contributed by atoms with Gasteiger partial charge in [-0.25, -0.2) is 4.98 Å². The molecule has 0 saturated heterocycles. The number of rotatable bonds is 4. The van der Waals surface area contributed by atoms with Crippen LogP contribution in [-0.2, 0) is 20.0 Å². The number of hydrogen-bond donors (Lipinski definition) is 0. The molecule has 20 heavy (non-hydrogen) atoms. The highest BCUT2D eigenvalue weighted by Crippen LogP contribution is 2.22. The van der Waals surface area contributed by atoms with Gasteiger partial charge in [-0.3, -0.25) is 4.68 Å². The number of alkyl halides is 1. The lowest BCUT2D eigenvalue weighted by Crippen LogP contribution is -2.07. The van der Waals surface area contributed by atoms with Crippen molar-refractivity contribution >= 4 is 38.6 Å². The summed E-state index contributed by atoms with van der Waals surface area (Å²) in [4.78, 5) is 4.68. The van der Waals surface area contributed by atoms with Gasteiger partial charge in [0, 0.05) is 30.0 Å². The van der Waals surface area contributed by atoms with Crippen LogP contribution < -0.4 is 0 Å². The van der Waals surface area contributed by atoms with Gasteiger partial charge in [0.2, 0.25) is 0 Å². The molecule has 1 aromatic carbocycles. The Labute approximate surface area is 130 Å². The number of aryl methyl sites for hydroxylation is 2. The molecule has 104 valence electrons. The van der Waals surface area contributed by atoms with Gasteiger partial charge in [0.15, 0.2) is 0 Å². The Bertz CT molecular complexity index is 747. The third-order valence-corrected chi connectivity index (χ3v) is 3.88. The maximum absolute atomic E-state index is 5.89. The molecule has 0 amide bonds. The third-order valence-electron chi connectivity index (χ3n) is 3.20. The van der Waals surface area contributed by atoms with E-state index in [-0.39, 0.29) is 0 Å². The van der Waals surface area contributed by atoms with E-state index in [1.54, 1.807) is 0 Å². The van der Waals surface area contributed by atoms with Crippen molar-refractivity contribution in [3.8, 4) is 0 Å². The Hall–Kier alpha value is -1.33. The van der Waals surface area contributed by atoms with Crippen LogP contribution in [0.25, 0.3) is 11.0 Å². The molecule has 0 N–H and O–H groups in total. The maximum atomic E-state index is 5.89. The first kappa shape index (κ1) is 13.6. The Morgan fingerprint density at radius 3 is 2.85 bits per heavy atom. The van der Waals surface area contributed by atoms with Crippen LogP contribution in [-0.4, -0.2) is 25.2 Å². The summed E-state index contributed by atoms with van der Waals surface area (Å²) < 4.78 is 5.03. The Morgan fingerprint density at radius 1 is 1.30 bits per heavy atom. The van der Waals surface area contributed by atoms with E-state index >= 15 is 0 Å². The second-order valence-corrected chi connectivity index (χ2v) is 5.96. The van der Waals surface area contributed by atoms with Crippen LogP contribution in [0.15, 0.2) is 34.9 Å². The van der Waals surface area contributed by atoms with E-state index in [9.17, 15) is 0 Å². The van der Waals surface area contributed by atoms with Gasteiger partial charge in [0.1, 0.15) is 5.82 Å². The summed E-state index contributed by atoms with van der Waals surface area (Å²) >= 11 is 9.38. The van der Waals surface area contributed by atoms with Gasteiger partial charge >= 0.3 is 0 Å². The lowest BCUT2D eigenvalue weighted by Gasteiger charge is -2.06. The number of benzene rings is 1. The second-order valence-electron chi connectivity index (χ2n) is 4.67. The minimum absolute atomic E-state index is 0.562. The zero-order valence-electron chi connectivity index (χ0n) is 11.1. The van der Waals surface area contributed by atoms with Crippen molar-refractivity contribution in [1.82, 2.24) is 19.3 Å². The molecule has 0 spiro atoms. The maximum Gasteiger partial charge on any atom is 0.111 e. The van der Waals surface area contributed by atoms with Crippen LogP contribution >= 0.6 is 27.5 Å². The van der Waals surface area contributed by atoms with E-state index < -0.39 is 0 Å². The first-order valence-corrected chi connectivity index (χ1v) is 7.69. The highest BCUT2D eigenvalue weighted by molar-refractivity contribution is 9.10. The quantitative estimate of drug-likeness (QED) is 0.674. The second kappa shape index (κ2) is 5.58. The van der Waals surface area contributed by atoms with Crippen LogP contribution in [0.4, 0.5) is 0 Å². The third kappa shape index (κ3) is 2.60. The van der Waals surface area contributed by atoms with E-state index in [0.29, 0.717) is 12.4 Å². The number of aromatic nitrogens is 4. The standard InChI is InChI=1S/C14H14BrClN4/c1-19-7-5-11(18-19)9-20-13-3-2-10(15)8-12(13)17-14(20)4-6-16/h2-3,5,7-8H,4,6,9H2,1H3. The van der Waals surface area contributed by atoms with Gasteiger partial charge < -0.3 is 4.57 Å². The molecule has 0 radical (unpaired) electrons. The van der Waals surface area contributed by atoms with Gasteiger partial charge in [0.05, 0.1) is 23.3 Å². The molecule has 3 rings (SSSR count). The summed E-state index contributed by atoms with van der Waals surface area (Å²) in [7, 11) is 1.92. The van der Waals surface area contributed by atoms with Gasteiger partial charge in [-0.2, -0.15) is 5.10 Å². The van der Waals surface area contributed by atoms with Crippen molar-refractivity contribution in [2.75, 3.05) is 5.88 Å². The summed E-state index contributed by atoms with van der Waals surface area (Å²) in [6.45, 7) is 0.713. The molecule has 2 heterocycles. The summed E-state index contributed by atoms with van der Waals surface area (Å²) in [5, 5.41) is 4.44. The smallest absolute Gasteiger partial charge is 0.111 e. The number of halogens is 2. The number of fused-ring (bicyclic) bond motifs is 1. The summed E-state index contributed by atoms with van der Waals surface area (Å²) in [6.07, 6.45) is 2.70. The molecule has 0 atom stereocenters. The van der Waals surface area contributed by atoms with Crippen LogP contribution in [0.1, 0.15) is 11.5 Å². The average Bonchev–Trinajstić information content (AvgIpc) is 2.95. The fourth-order valence-electron chi connectivity index (χ4n) is 2.31. The summed E-state index contributed by atoms with van der Waals surface area (Å²) in [5.74, 6) is 1.56. The van der Waals surface area contributed by atoms with Crippen molar-refractivity contribution in [3.63, 3.8) is 0 Å². The predicted octanol–water partition coefficient (Wildman–Crippen LogP) is 3.36. The molecule has 0 bridgehead atoms. The van der Waals surface area contributed by atoms with E-state index in [2.05, 4.69) is 36.6 Å². The van der Waals surface area contributed by atoms with Gasteiger partial charge in [-0.1, -0.05) is 15.9 Å². The van der Waals surface area contributed by atoms with Crippen molar-refractivity contribution in [1.29, 1.82) is 0 Å². The fourth-order valence-corrected chi connectivity index (χ4v) is 2.83. The van der Waals surface area contributed by atoms with E-state index in [1.807, 2.05) is 36.1 Å². The summed E-state index contributed by atoms with van der Waals surface area (Å²) in [5.41, 5.74) is 3.11. The molecule has 6 heteroatoms. The number of hydrogen-bond acceptors (Lipinski definition) is 2. The first-order chi connectivity index (χ1) is 9.67. The first-order valence-electron chi connectivity index (χ1n) is 6.36. The lowest BCUT2D eigenvalue weighted by atomic mass is 10.3. The predicted molar refractivity (Wildman–Crippen MR) is 84.2 cm³/mol. The van der Waals surface area contributed by atoms with Crippen LogP contribution in [0.2, 0.25) is 0 Å². The lowest BCUT2D eigenvalue weighted by molar-refractivity contribution is 0.694. The Balaban J connectivity index is 2.08. The largest absolute Gasteiger partial charge is 0.322 e. The average molecular weight is 354 g/mol. The highest BCUT2D eigenvalue weighted by Gasteiger charge is 2.12. The van der Waals surface area contributed by atoms with Crippen LogP contribution in [0.5, 0.6) is 0 Å². The molecule has 0 saturated carbocycles. The number of imidazole rings is 1. The molecular weight excluding hydrogens is 340 g/mol. The molecule has 4 nitrogen and oxygen atoms in total. The van der Waals surface area contributed by atoms with Crippen molar-refractivity contribution in [3.05, 3.63) is 46.5 Å². The van der Waals surface area contributed by atoms with E-state index in [1.165, 1.54) is 0 Å². The number of nitrogens with zero attached hydrogens (tertiary/aromatic N) is 4. The molecule has 0 aliphatic heterocycles. The van der Waals surface area contributed by atoms with Crippen molar-refractivity contribution in [2.24, 2.45) is 7.05 Å². The monoisotopic (exact) mass is 352 g/mol. The Morgan fingerprint density at radius 2 is 2.15 bits per heavy atom.